The van der Waals surface area contributed by atoms with E-state index in [1.807, 2.05) is 54.1 Å². The van der Waals surface area contributed by atoms with E-state index in [0.29, 0.717) is 32.6 Å². The van der Waals surface area contributed by atoms with Crippen LogP contribution in [-0.4, -0.2) is 35.4 Å². The van der Waals surface area contributed by atoms with Crippen molar-refractivity contribution >= 4 is 21.8 Å². The summed E-state index contributed by atoms with van der Waals surface area (Å²) in [5, 5.41) is 7.84. The number of ether oxygens (including phenoxy) is 1. The van der Waals surface area contributed by atoms with Crippen molar-refractivity contribution in [3.8, 4) is 5.69 Å². The summed E-state index contributed by atoms with van der Waals surface area (Å²) in [6.45, 7) is 3.91. The van der Waals surface area contributed by atoms with Crippen molar-refractivity contribution in [1.29, 1.82) is 0 Å². The molecule has 0 saturated carbocycles. The molecule has 1 fully saturated rings. The first-order valence-electron chi connectivity index (χ1n) is 10.8. The Bertz CT molecular complexity index is 1010. The molecule has 162 valence electrons. The molecule has 0 spiro atoms. The highest BCUT2D eigenvalue weighted by Crippen LogP contribution is 2.35. The summed E-state index contributed by atoms with van der Waals surface area (Å²) in [6, 6.07) is 18.2. The van der Waals surface area contributed by atoms with Crippen molar-refractivity contribution in [3.05, 3.63) is 82.1 Å². The fourth-order valence-electron chi connectivity index (χ4n) is 4.24. The largest absolute Gasteiger partial charge is 0.381 e. The van der Waals surface area contributed by atoms with Crippen LogP contribution in [0.25, 0.3) is 5.69 Å². The number of hydrogen-bond donors (Lipinski definition) is 1. The lowest BCUT2D eigenvalue weighted by atomic mass is 9.73. The van der Waals surface area contributed by atoms with Crippen LogP contribution in [0.2, 0.25) is 0 Å². The van der Waals surface area contributed by atoms with Gasteiger partial charge in [0.25, 0.3) is 0 Å². The van der Waals surface area contributed by atoms with Crippen molar-refractivity contribution < 1.29 is 9.53 Å². The van der Waals surface area contributed by atoms with Gasteiger partial charge in [0.2, 0.25) is 5.91 Å². The number of amides is 1. The normalized spacial score (nSPS) is 15.5. The van der Waals surface area contributed by atoms with Crippen LogP contribution in [0.1, 0.15) is 36.1 Å². The minimum absolute atomic E-state index is 0.106. The smallest absolute Gasteiger partial charge is 0.230 e. The van der Waals surface area contributed by atoms with Gasteiger partial charge in [-0.1, -0.05) is 46.3 Å². The lowest BCUT2D eigenvalue weighted by Crippen LogP contribution is -2.48. The van der Waals surface area contributed by atoms with Crippen LogP contribution < -0.4 is 5.32 Å². The molecular weight excluding hydrogens is 454 g/mol. The summed E-state index contributed by atoms with van der Waals surface area (Å²) in [5.74, 6) is 0.106. The Labute approximate surface area is 191 Å². The molecule has 1 amide bonds. The molecule has 5 nitrogen and oxygen atoms in total. The number of para-hydroxylation sites is 1. The number of nitrogens with one attached hydrogen (secondary N) is 1. The number of aromatic nitrogens is 2. The monoisotopic (exact) mass is 481 g/mol. The predicted octanol–water partition coefficient (Wildman–Crippen LogP) is 4.74. The summed E-state index contributed by atoms with van der Waals surface area (Å²) in [4.78, 5) is 13.3. The summed E-state index contributed by atoms with van der Waals surface area (Å²) < 4.78 is 8.50. The highest BCUT2D eigenvalue weighted by molar-refractivity contribution is 9.10. The standard InChI is InChI=1S/C25H28BrN3O2/c1-19-20(18-29(28-19)23-7-3-2-4-8-23)6-5-15-27-24(30)25(13-16-31-17-14-25)21-9-11-22(26)12-10-21/h2-4,7-12,18H,5-6,13-17H2,1H3,(H,27,30). The maximum Gasteiger partial charge on any atom is 0.230 e. The number of rotatable bonds is 7. The number of nitrogens with zero attached hydrogens (tertiary/aromatic N) is 2. The number of carbonyl (C=O) groups excluding carboxylic acids is 1. The maximum absolute atomic E-state index is 13.3. The fourth-order valence-corrected chi connectivity index (χ4v) is 4.50. The van der Waals surface area contributed by atoms with Crippen LogP contribution in [0.3, 0.4) is 0 Å². The highest BCUT2D eigenvalue weighted by atomic mass is 79.9. The molecule has 31 heavy (non-hydrogen) atoms. The van der Waals surface area contributed by atoms with E-state index in [-0.39, 0.29) is 5.91 Å². The number of carbonyl (C=O) groups is 1. The molecule has 0 atom stereocenters. The summed E-state index contributed by atoms with van der Waals surface area (Å²) >= 11 is 3.49. The second-order valence-corrected chi connectivity index (χ2v) is 9.00. The van der Waals surface area contributed by atoms with Gasteiger partial charge in [-0.25, -0.2) is 4.68 Å². The van der Waals surface area contributed by atoms with E-state index >= 15 is 0 Å². The first-order valence-corrected chi connectivity index (χ1v) is 11.6. The van der Waals surface area contributed by atoms with Gasteiger partial charge in [0, 0.05) is 30.4 Å². The van der Waals surface area contributed by atoms with E-state index in [4.69, 9.17) is 4.74 Å². The molecule has 6 heteroatoms. The number of halogens is 1. The lowest BCUT2D eigenvalue weighted by Gasteiger charge is -2.36. The van der Waals surface area contributed by atoms with Crippen molar-refractivity contribution in [1.82, 2.24) is 15.1 Å². The molecule has 0 bridgehead atoms. The Balaban J connectivity index is 1.37. The van der Waals surface area contributed by atoms with Crippen LogP contribution in [0, 0.1) is 6.92 Å². The SMILES string of the molecule is Cc1nn(-c2ccccc2)cc1CCCNC(=O)C1(c2ccc(Br)cc2)CCOCC1. The second-order valence-electron chi connectivity index (χ2n) is 8.08. The Morgan fingerprint density at radius 2 is 1.84 bits per heavy atom. The highest BCUT2D eigenvalue weighted by Gasteiger charge is 2.41. The van der Waals surface area contributed by atoms with E-state index in [1.54, 1.807) is 0 Å². The van der Waals surface area contributed by atoms with Crippen molar-refractivity contribution in [3.63, 3.8) is 0 Å². The van der Waals surface area contributed by atoms with Gasteiger partial charge in [0.1, 0.15) is 0 Å². The topological polar surface area (TPSA) is 56.2 Å². The van der Waals surface area contributed by atoms with Crippen LogP contribution in [0.5, 0.6) is 0 Å². The Morgan fingerprint density at radius 3 is 2.55 bits per heavy atom. The average molecular weight is 482 g/mol. The van der Waals surface area contributed by atoms with Gasteiger partial charge in [0.05, 0.1) is 16.8 Å². The molecule has 2 aromatic carbocycles. The number of hydrogen-bond acceptors (Lipinski definition) is 3. The van der Waals surface area contributed by atoms with Gasteiger partial charge >= 0.3 is 0 Å². The molecule has 1 aliphatic rings. The van der Waals surface area contributed by atoms with E-state index in [2.05, 4.69) is 44.7 Å². The van der Waals surface area contributed by atoms with Crippen molar-refractivity contribution in [2.24, 2.45) is 0 Å². The molecule has 4 rings (SSSR count). The van der Waals surface area contributed by atoms with E-state index < -0.39 is 5.41 Å². The van der Waals surface area contributed by atoms with Gasteiger partial charge in [-0.2, -0.15) is 5.10 Å². The molecular formula is C25H28BrN3O2. The van der Waals surface area contributed by atoms with Gasteiger partial charge in [0.15, 0.2) is 0 Å². The number of benzene rings is 2. The second kappa shape index (κ2) is 9.79. The Morgan fingerprint density at radius 1 is 1.13 bits per heavy atom. The predicted molar refractivity (Wildman–Crippen MR) is 126 cm³/mol. The van der Waals surface area contributed by atoms with Crippen molar-refractivity contribution in [2.45, 2.75) is 38.0 Å². The first kappa shape index (κ1) is 21.8. The third-order valence-corrected chi connectivity index (χ3v) is 6.64. The van der Waals surface area contributed by atoms with E-state index in [0.717, 1.165) is 34.3 Å². The Hall–Kier alpha value is -2.44. The molecule has 1 N–H and O–H groups in total. The molecule has 0 unspecified atom stereocenters. The van der Waals surface area contributed by atoms with E-state index in [1.165, 1.54) is 5.56 Å². The Kier molecular flexibility index (Phi) is 6.88. The zero-order chi connectivity index (χ0) is 21.7. The third-order valence-electron chi connectivity index (χ3n) is 6.11. The zero-order valence-corrected chi connectivity index (χ0v) is 19.4. The molecule has 1 aliphatic heterocycles. The lowest BCUT2D eigenvalue weighted by molar-refractivity contribution is -0.130. The van der Waals surface area contributed by atoms with Crippen LogP contribution in [0.4, 0.5) is 0 Å². The molecule has 2 heterocycles. The summed E-state index contributed by atoms with van der Waals surface area (Å²) in [6.07, 6.45) is 5.27. The quantitative estimate of drug-likeness (QED) is 0.495. The molecule has 1 aromatic heterocycles. The van der Waals surface area contributed by atoms with Crippen molar-refractivity contribution in [2.75, 3.05) is 19.8 Å². The molecule has 1 saturated heterocycles. The molecule has 0 aliphatic carbocycles. The fraction of sp³-hybridized carbons (Fsp3) is 0.360. The summed E-state index contributed by atoms with van der Waals surface area (Å²) in [5.41, 5.74) is 3.86. The van der Waals surface area contributed by atoms with Crippen LogP contribution >= 0.6 is 15.9 Å². The van der Waals surface area contributed by atoms with E-state index in [9.17, 15) is 4.79 Å². The van der Waals surface area contributed by atoms with Gasteiger partial charge in [-0.15, -0.1) is 0 Å². The minimum atomic E-state index is -0.507. The van der Waals surface area contributed by atoms with Gasteiger partial charge < -0.3 is 10.1 Å². The maximum atomic E-state index is 13.3. The van der Waals surface area contributed by atoms with Crippen LogP contribution in [0.15, 0.2) is 65.3 Å². The summed E-state index contributed by atoms with van der Waals surface area (Å²) in [7, 11) is 0. The van der Waals surface area contributed by atoms with Gasteiger partial charge in [-0.3, -0.25) is 4.79 Å². The van der Waals surface area contributed by atoms with Gasteiger partial charge in [-0.05, 0) is 68.0 Å². The molecule has 0 radical (unpaired) electrons. The molecule has 3 aromatic rings. The third kappa shape index (κ3) is 4.91. The zero-order valence-electron chi connectivity index (χ0n) is 17.8. The van der Waals surface area contributed by atoms with Crippen LogP contribution in [-0.2, 0) is 21.4 Å². The first-order chi connectivity index (χ1) is 15.1. The average Bonchev–Trinajstić information content (AvgIpc) is 3.18. The number of aryl methyl sites for hydroxylation is 2. The minimum Gasteiger partial charge on any atom is -0.381 e.